The molecular formula is C17H15N7O2S. The largest absolute Gasteiger partial charge is 0.339 e. The molecule has 1 amide bonds. The molecule has 0 saturated carbocycles. The van der Waals surface area contributed by atoms with Crippen LogP contribution in [0, 0.1) is 0 Å². The zero-order valence-electron chi connectivity index (χ0n) is 14.4. The van der Waals surface area contributed by atoms with Gasteiger partial charge in [0.25, 0.3) is 0 Å². The Morgan fingerprint density at radius 3 is 3.00 bits per heavy atom. The predicted octanol–water partition coefficient (Wildman–Crippen LogP) is 2.56. The van der Waals surface area contributed by atoms with E-state index >= 15 is 0 Å². The van der Waals surface area contributed by atoms with Gasteiger partial charge in [0, 0.05) is 42.1 Å². The van der Waals surface area contributed by atoms with Gasteiger partial charge in [-0.25, -0.2) is 4.68 Å². The zero-order chi connectivity index (χ0) is 18.6. The Morgan fingerprint density at radius 1 is 1.30 bits per heavy atom. The Morgan fingerprint density at radius 2 is 2.22 bits per heavy atom. The molecule has 0 unspecified atom stereocenters. The van der Waals surface area contributed by atoms with Crippen LogP contribution in [-0.2, 0) is 18.3 Å². The molecule has 0 aliphatic rings. The maximum atomic E-state index is 12.2. The number of hydrogen-bond acceptors (Lipinski definition) is 8. The lowest BCUT2D eigenvalue weighted by atomic mass is 10.2. The molecule has 0 spiro atoms. The van der Waals surface area contributed by atoms with Crippen molar-refractivity contribution in [2.45, 2.75) is 12.8 Å². The van der Waals surface area contributed by atoms with E-state index in [1.165, 1.54) is 0 Å². The standard InChI is InChI=1S/C17H15N7O2S/c1-24-17(20-22-23-24)11-3-2-4-13(9-11)18-14(25)5-6-15-19-16(21-26-15)12-7-8-27-10-12/h2-4,7-10H,5-6H2,1H3,(H,18,25). The first kappa shape index (κ1) is 17.0. The fraction of sp³-hybridized carbons (Fsp3) is 0.176. The van der Waals surface area contributed by atoms with Crippen molar-refractivity contribution in [2.24, 2.45) is 7.05 Å². The first-order valence-electron chi connectivity index (χ1n) is 8.17. The highest BCUT2D eigenvalue weighted by Gasteiger charge is 2.12. The van der Waals surface area contributed by atoms with E-state index in [9.17, 15) is 4.79 Å². The molecule has 136 valence electrons. The summed E-state index contributed by atoms with van der Waals surface area (Å²) < 4.78 is 6.78. The molecule has 1 aromatic carbocycles. The van der Waals surface area contributed by atoms with Gasteiger partial charge < -0.3 is 9.84 Å². The SMILES string of the molecule is Cn1nnnc1-c1cccc(NC(=O)CCc2nc(-c3ccsc3)no2)c1. The molecule has 0 aliphatic heterocycles. The number of anilines is 1. The van der Waals surface area contributed by atoms with Crippen molar-refractivity contribution in [1.82, 2.24) is 30.3 Å². The Balaban J connectivity index is 1.37. The Labute approximate surface area is 158 Å². The molecule has 9 nitrogen and oxygen atoms in total. The van der Waals surface area contributed by atoms with Crippen molar-refractivity contribution in [1.29, 1.82) is 0 Å². The van der Waals surface area contributed by atoms with E-state index in [0.717, 1.165) is 11.1 Å². The van der Waals surface area contributed by atoms with Crippen LogP contribution >= 0.6 is 11.3 Å². The first-order valence-corrected chi connectivity index (χ1v) is 9.11. The van der Waals surface area contributed by atoms with Crippen LogP contribution in [0.2, 0.25) is 0 Å². The Kier molecular flexibility index (Phi) is 4.71. The van der Waals surface area contributed by atoms with Crippen LogP contribution in [0.3, 0.4) is 0 Å². The van der Waals surface area contributed by atoms with Gasteiger partial charge in [0.2, 0.25) is 17.6 Å². The summed E-state index contributed by atoms with van der Waals surface area (Å²) >= 11 is 1.56. The lowest BCUT2D eigenvalue weighted by Gasteiger charge is -2.06. The molecule has 0 atom stereocenters. The maximum Gasteiger partial charge on any atom is 0.227 e. The van der Waals surface area contributed by atoms with Crippen LogP contribution in [0.5, 0.6) is 0 Å². The lowest BCUT2D eigenvalue weighted by molar-refractivity contribution is -0.116. The van der Waals surface area contributed by atoms with Crippen molar-refractivity contribution in [2.75, 3.05) is 5.32 Å². The number of benzene rings is 1. The maximum absolute atomic E-state index is 12.2. The van der Waals surface area contributed by atoms with Gasteiger partial charge in [-0.1, -0.05) is 17.3 Å². The van der Waals surface area contributed by atoms with Crippen molar-refractivity contribution in [3.63, 3.8) is 0 Å². The quantitative estimate of drug-likeness (QED) is 0.546. The topological polar surface area (TPSA) is 112 Å². The summed E-state index contributed by atoms with van der Waals surface area (Å²) in [6.07, 6.45) is 0.608. The minimum absolute atomic E-state index is 0.140. The second-order valence-corrected chi connectivity index (χ2v) is 6.56. The molecule has 0 fully saturated rings. The number of rotatable bonds is 6. The van der Waals surface area contributed by atoms with E-state index in [0.29, 0.717) is 29.6 Å². The molecule has 0 radical (unpaired) electrons. The number of tetrazole rings is 1. The first-order chi connectivity index (χ1) is 13.2. The highest BCUT2D eigenvalue weighted by atomic mass is 32.1. The van der Waals surface area contributed by atoms with Gasteiger partial charge in [-0.15, -0.1) is 5.10 Å². The van der Waals surface area contributed by atoms with Crippen molar-refractivity contribution >= 4 is 22.9 Å². The average Bonchev–Trinajstić information content (AvgIpc) is 3.41. The summed E-state index contributed by atoms with van der Waals surface area (Å²) in [4.78, 5) is 16.6. The smallest absolute Gasteiger partial charge is 0.227 e. The molecular weight excluding hydrogens is 366 g/mol. The molecule has 0 bridgehead atoms. The highest BCUT2D eigenvalue weighted by Crippen LogP contribution is 2.21. The highest BCUT2D eigenvalue weighted by molar-refractivity contribution is 7.08. The third-order valence-electron chi connectivity index (χ3n) is 3.84. The summed E-state index contributed by atoms with van der Waals surface area (Å²) in [6, 6.07) is 9.28. The van der Waals surface area contributed by atoms with Crippen LogP contribution in [0.25, 0.3) is 22.8 Å². The van der Waals surface area contributed by atoms with Crippen molar-refractivity contribution in [3.8, 4) is 22.8 Å². The third kappa shape index (κ3) is 3.90. The molecule has 10 heteroatoms. The number of carbonyl (C=O) groups excluding carboxylic acids is 1. The number of aromatic nitrogens is 6. The molecule has 3 heterocycles. The van der Waals surface area contributed by atoms with Gasteiger partial charge >= 0.3 is 0 Å². The second-order valence-electron chi connectivity index (χ2n) is 5.78. The summed E-state index contributed by atoms with van der Waals surface area (Å²) in [6.45, 7) is 0. The van der Waals surface area contributed by atoms with E-state index in [-0.39, 0.29) is 12.3 Å². The van der Waals surface area contributed by atoms with Crippen molar-refractivity contribution < 1.29 is 9.32 Å². The van der Waals surface area contributed by atoms with Crippen LogP contribution in [0.1, 0.15) is 12.3 Å². The number of nitrogens with one attached hydrogen (secondary N) is 1. The number of hydrogen-bond donors (Lipinski definition) is 1. The van der Waals surface area contributed by atoms with E-state index in [1.54, 1.807) is 23.1 Å². The van der Waals surface area contributed by atoms with Crippen LogP contribution in [0.4, 0.5) is 5.69 Å². The normalized spacial score (nSPS) is 10.9. The number of amides is 1. The summed E-state index contributed by atoms with van der Waals surface area (Å²) in [5.41, 5.74) is 2.40. The van der Waals surface area contributed by atoms with Gasteiger partial charge in [-0.3, -0.25) is 4.79 Å². The van der Waals surface area contributed by atoms with Gasteiger partial charge in [-0.05, 0) is 34.0 Å². The molecule has 1 N–H and O–H groups in total. The van der Waals surface area contributed by atoms with Gasteiger partial charge in [0.1, 0.15) is 0 Å². The van der Waals surface area contributed by atoms with E-state index in [4.69, 9.17) is 4.52 Å². The van der Waals surface area contributed by atoms with Crippen LogP contribution in [-0.4, -0.2) is 36.3 Å². The summed E-state index contributed by atoms with van der Waals surface area (Å²) in [7, 11) is 1.76. The average molecular weight is 381 g/mol. The number of carbonyl (C=O) groups is 1. The molecule has 4 rings (SSSR count). The molecule has 3 aromatic heterocycles. The monoisotopic (exact) mass is 381 g/mol. The number of aryl methyl sites for hydroxylation is 2. The molecule has 4 aromatic rings. The van der Waals surface area contributed by atoms with E-state index in [2.05, 4.69) is 31.0 Å². The van der Waals surface area contributed by atoms with Crippen LogP contribution < -0.4 is 5.32 Å². The number of thiophene rings is 1. The fourth-order valence-corrected chi connectivity index (χ4v) is 3.15. The molecule has 27 heavy (non-hydrogen) atoms. The predicted molar refractivity (Wildman–Crippen MR) is 98.8 cm³/mol. The fourth-order valence-electron chi connectivity index (χ4n) is 2.52. The Hall–Kier alpha value is -3.40. The zero-order valence-corrected chi connectivity index (χ0v) is 15.2. The molecule has 0 aliphatic carbocycles. The second kappa shape index (κ2) is 7.46. The summed E-state index contributed by atoms with van der Waals surface area (Å²) in [5.74, 6) is 1.46. The Bertz CT molecular complexity index is 1050. The van der Waals surface area contributed by atoms with Crippen molar-refractivity contribution in [3.05, 3.63) is 47.0 Å². The third-order valence-corrected chi connectivity index (χ3v) is 4.52. The van der Waals surface area contributed by atoms with Gasteiger partial charge in [0.05, 0.1) is 0 Å². The van der Waals surface area contributed by atoms with Gasteiger partial charge in [-0.2, -0.15) is 16.3 Å². The number of nitrogens with zero attached hydrogens (tertiary/aromatic N) is 6. The van der Waals surface area contributed by atoms with E-state index in [1.807, 2.05) is 41.1 Å². The molecule has 0 saturated heterocycles. The lowest BCUT2D eigenvalue weighted by Crippen LogP contribution is -2.12. The summed E-state index contributed by atoms with van der Waals surface area (Å²) in [5, 5.41) is 22.1. The minimum Gasteiger partial charge on any atom is -0.339 e. The minimum atomic E-state index is -0.140. The van der Waals surface area contributed by atoms with Gasteiger partial charge in [0.15, 0.2) is 5.82 Å². The van der Waals surface area contributed by atoms with Crippen LogP contribution in [0.15, 0.2) is 45.6 Å². The van der Waals surface area contributed by atoms with E-state index < -0.39 is 0 Å².